The molecule has 4 heterocycles. The van der Waals surface area contributed by atoms with E-state index in [4.69, 9.17) is 9.97 Å². The molecule has 4 aliphatic rings. The molecule has 0 spiro atoms. The predicted octanol–water partition coefficient (Wildman–Crippen LogP) is 5.42. The smallest absolute Gasteiger partial charge is 0.127 e. The second kappa shape index (κ2) is 6.62. The van der Waals surface area contributed by atoms with Gasteiger partial charge in [-0.3, -0.25) is 4.90 Å². The fourth-order valence-electron chi connectivity index (χ4n) is 5.39. The molecule has 0 unspecified atom stereocenters. The zero-order chi connectivity index (χ0) is 16.8. The number of fused-ring (bicyclic) bond motifs is 4. The van der Waals surface area contributed by atoms with Gasteiger partial charge in [0.2, 0.25) is 0 Å². The third-order valence-corrected chi connectivity index (χ3v) is 7.98. The third-order valence-electron chi connectivity index (χ3n) is 6.79. The molecule has 4 heteroatoms. The Morgan fingerprint density at radius 2 is 1.84 bits per heavy atom. The van der Waals surface area contributed by atoms with E-state index in [0.29, 0.717) is 0 Å². The van der Waals surface area contributed by atoms with Crippen LogP contribution in [0, 0.1) is 12.8 Å². The van der Waals surface area contributed by atoms with Crippen LogP contribution in [0.4, 0.5) is 0 Å². The monoisotopic (exact) mass is 355 g/mol. The molecule has 4 fully saturated rings. The molecule has 0 amide bonds. The molecule has 0 aromatic carbocycles. The van der Waals surface area contributed by atoms with Crippen LogP contribution in [0.3, 0.4) is 0 Å². The van der Waals surface area contributed by atoms with Gasteiger partial charge in [-0.25, -0.2) is 9.97 Å². The zero-order valence-electron chi connectivity index (χ0n) is 15.3. The first-order valence-electron chi connectivity index (χ1n) is 10.3. The maximum atomic E-state index is 4.89. The molecule has 25 heavy (non-hydrogen) atoms. The van der Waals surface area contributed by atoms with Crippen LogP contribution in [0.15, 0.2) is 6.07 Å². The Morgan fingerprint density at radius 1 is 1.04 bits per heavy atom. The maximum Gasteiger partial charge on any atom is 0.127 e. The standard InChI is InChI=1S/C21H29N3S/c1-14-22-19(13-24-12-15-7-9-17(24)10-8-15)18-11-20(25-21(18)23-14)16-5-3-2-4-6-16/h11,15-17H,2-10,12-13H2,1H3. The minimum atomic E-state index is 0.770. The van der Waals surface area contributed by atoms with Gasteiger partial charge in [-0.15, -0.1) is 11.3 Å². The molecule has 0 radical (unpaired) electrons. The van der Waals surface area contributed by atoms with Crippen molar-refractivity contribution in [3.8, 4) is 0 Å². The largest absolute Gasteiger partial charge is 0.294 e. The number of aryl methyl sites for hydroxylation is 1. The summed E-state index contributed by atoms with van der Waals surface area (Å²) < 4.78 is 0. The summed E-state index contributed by atoms with van der Waals surface area (Å²) >= 11 is 1.94. The lowest BCUT2D eigenvalue weighted by molar-refractivity contribution is 0.0419. The lowest BCUT2D eigenvalue weighted by atomic mass is 9.80. The molecular formula is C21H29N3S. The van der Waals surface area contributed by atoms with Crippen LogP contribution in [-0.4, -0.2) is 27.5 Å². The quantitative estimate of drug-likeness (QED) is 0.736. The molecule has 2 aromatic rings. The van der Waals surface area contributed by atoms with Crippen LogP contribution in [0.2, 0.25) is 0 Å². The number of thiophene rings is 1. The van der Waals surface area contributed by atoms with Crippen molar-refractivity contribution < 1.29 is 0 Å². The molecule has 3 nitrogen and oxygen atoms in total. The summed E-state index contributed by atoms with van der Waals surface area (Å²) in [5.41, 5.74) is 1.29. The third kappa shape index (κ3) is 3.12. The van der Waals surface area contributed by atoms with Gasteiger partial charge in [-0.1, -0.05) is 19.3 Å². The van der Waals surface area contributed by atoms with E-state index in [0.717, 1.165) is 30.2 Å². The van der Waals surface area contributed by atoms with Gasteiger partial charge in [-0.05, 0) is 63.4 Å². The molecule has 134 valence electrons. The van der Waals surface area contributed by atoms with Crippen molar-refractivity contribution >= 4 is 21.6 Å². The van der Waals surface area contributed by atoms with Gasteiger partial charge in [0.05, 0.1) is 5.69 Å². The average Bonchev–Trinajstić information content (AvgIpc) is 3.08. The summed E-state index contributed by atoms with van der Waals surface area (Å²) in [5.74, 6) is 2.65. The van der Waals surface area contributed by atoms with Crippen molar-refractivity contribution in [2.45, 2.75) is 83.2 Å². The molecule has 2 saturated carbocycles. The van der Waals surface area contributed by atoms with Crippen molar-refractivity contribution in [1.29, 1.82) is 0 Å². The Hall–Kier alpha value is -1.00. The molecule has 2 aromatic heterocycles. The van der Waals surface area contributed by atoms with E-state index < -0.39 is 0 Å². The molecule has 6 rings (SSSR count). The Balaban J connectivity index is 1.46. The minimum absolute atomic E-state index is 0.770. The number of piperidine rings is 2. The fourth-order valence-corrected chi connectivity index (χ4v) is 6.65. The number of aromatic nitrogens is 2. The summed E-state index contributed by atoms with van der Waals surface area (Å²) in [6.07, 6.45) is 12.6. The molecule has 2 aliphatic carbocycles. The lowest BCUT2D eigenvalue weighted by Gasteiger charge is -2.45. The molecule has 0 N–H and O–H groups in total. The normalized spacial score (nSPS) is 28.0. The Morgan fingerprint density at radius 3 is 2.56 bits per heavy atom. The number of rotatable bonds is 3. The van der Waals surface area contributed by atoms with E-state index in [1.807, 2.05) is 11.3 Å². The summed E-state index contributed by atoms with van der Waals surface area (Å²) in [6, 6.07) is 3.25. The maximum absolute atomic E-state index is 4.89. The number of hydrogen-bond donors (Lipinski definition) is 0. The first-order valence-corrected chi connectivity index (χ1v) is 11.1. The molecule has 2 bridgehead atoms. The highest BCUT2D eigenvalue weighted by molar-refractivity contribution is 7.18. The van der Waals surface area contributed by atoms with E-state index in [2.05, 4.69) is 17.9 Å². The predicted molar refractivity (Wildman–Crippen MR) is 104 cm³/mol. The minimum Gasteiger partial charge on any atom is -0.294 e. The Labute approximate surface area is 154 Å². The Kier molecular flexibility index (Phi) is 4.29. The van der Waals surface area contributed by atoms with Gasteiger partial charge in [0, 0.05) is 29.4 Å². The lowest BCUT2D eigenvalue weighted by Crippen LogP contribution is -2.47. The summed E-state index contributed by atoms with van der Waals surface area (Å²) in [7, 11) is 0. The summed E-state index contributed by atoms with van der Waals surface area (Å²) in [5, 5.41) is 1.35. The van der Waals surface area contributed by atoms with Crippen molar-refractivity contribution in [2.24, 2.45) is 5.92 Å². The fraction of sp³-hybridized carbons (Fsp3) is 0.714. The molecule has 2 aliphatic heterocycles. The molecule has 0 atom stereocenters. The van der Waals surface area contributed by atoms with Crippen LogP contribution in [-0.2, 0) is 6.54 Å². The van der Waals surface area contributed by atoms with Crippen molar-refractivity contribution in [3.63, 3.8) is 0 Å². The van der Waals surface area contributed by atoms with Gasteiger partial charge in [-0.2, -0.15) is 0 Å². The topological polar surface area (TPSA) is 29.0 Å². The molecule has 2 saturated heterocycles. The first-order chi connectivity index (χ1) is 12.3. The van der Waals surface area contributed by atoms with Gasteiger partial charge in [0.25, 0.3) is 0 Å². The van der Waals surface area contributed by atoms with Gasteiger partial charge < -0.3 is 0 Å². The SMILES string of the molecule is Cc1nc(CN2CC3CCC2CC3)c2cc(C3CCCCC3)sc2n1. The van der Waals surface area contributed by atoms with E-state index in [-0.39, 0.29) is 0 Å². The van der Waals surface area contributed by atoms with Crippen LogP contribution in [0.1, 0.15) is 80.1 Å². The summed E-state index contributed by atoms with van der Waals surface area (Å²) in [6.45, 7) is 4.38. The van der Waals surface area contributed by atoms with E-state index >= 15 is 0 Å². The molecular weight excluding hydrogens is 326 g/mol. The van der Waals surface area contributed by atoms with Gasteiger partial charge in [0.15, 0.2) is 0 Å². The zero-order valence-corrected chi connectivity index (χ0v) is 16.2. The van der Waals surface area contributed by atoms with E-state index in [1.165, 1.54) is 80.2 Å². The van der Waals surface area contributed by atoms with Crippen molar-refractivity contribution in [3.05, 3.63) is 22.5 Å². The van der Waals surface area contributed by atoms with Crippen molar-refractivity contribution in [1.82, 2.24) is 14.9 Å². The second-order valence-electron chi connectivity index (χ2n) is 8.52. The Bertz CT molecular complexity index is 754. The number of nitrogens with zero attached hydrogens (tertiary/aromatic N) is 3. The van der Waals surface area contributed by atoms with Gasteiger partial charge >= 0.3 is 0 Å². The van der Waals surface area contributed by atoms with Crippen LogP contribution >= 0.6 is 11.3 Å². The second-order valence-corrected chi connectivity index (χ2v) is 9.59. The van der Waals surface area contributed by atoms with Crippen molar-refractivity contribution in [2.75, 3.05) is 6.54 Å². The number of hydrogen-bond acceptors (Lipinski definition) is 4. The van der Waals surface area contributed by atoms with Gasteiger partial charge in [0.1, 0.15) is 10.7 Å². The van der Waals surface area contributed by atoms with E-state index in [1.54, 1.807) is 4.88 Å². The highest BCUT2D eigenvalue weighted by Gasteiger charge is 2.34. The highest BCUT2D eigenvalue weighted by atomic mass is 32.1. The van der Waals surface area contributed by atoms with Crippen LogP contribution < -0.4 is 0 Å². The highest BCUT2D eigenvalue weighted by Crippen LogP contribution is 2.40. The first kappa shape index (κ1) is 16.2. The van der Waals surface area contributed by atoms with Crippen LogP contribution in [0.25, 0.3) is 10.2 Å². The van der Waals surface area contributed by atoms with Crippen LogP contribution in [0.5, 0.6) is 0 Å². The van der Waals surface area contributed by atoms with E-state index in [9.17, 15) is 0 Å². The average molecular weight is 356 g/mol. The summed E-state index contributed by atoms with van der Waals surface area (Å²) in [4.78, 5) is 15.2.